The molecule has 1 aromatic heterocycles. The van der Waals surface area contributed by atoms with Crippen LogP contribution in [0.1, 0.15) is 29.8 Å². The van der Waals surface area contributed by atoms with Gasteiger partial charge in [-0.2, -0.15) is 0 Å². The van der Waals surface area contributed by atoms with Crippen LogP contribution in [0.5, 0.6) is 0 Å². The Morgan fingerprint density at radius 3 is 2.94 bits per heavy atom. The molecule has 0 aliphatic heterocycles. The molecule has 17 heavy (non-hydrogen) atoms. The Hall–Kier alpha value is -1.42. The summed E-state index contributed by atoms with van der Waals surface area (Å²) in [5, 5.41) is 10.0. The first kappa shape index (κ1) is 10.7. The van der Waals surface area contributed by atoms with Crippen LogP contribution in [0.4, 0.5) is 0 Å². The SMILES string of the molecule is Cc1nc2ccc(C3(CC(=O)O)CC3)cc2s1. The van der Waals surface area contributed by atoms with Gasteiger partial charge in [-0.05, 0) is 37.5 Å². The number of carboxylic acids is 1. The van der Waals surface area contributed by atoms with Gasteiger partial charge in [0.1, 0.15) is 0 Å². The van der Waals surface area contributed by atoms with Crippen LogP contribution >= 0.6 is 11.3 Å². The minimum atomic E-state index is -0.705. The van der Waals surface area contributed by atoms with Gasteiger partial charge in [0, 0.05) is 5.41 Å². The Morgan fingerprint density at radius 2 is 2.29 bits per heavy atom. The highest BCUT2D eigenvalue weighted by Crippen LogP contribution is 2.51. The monoisotopic (exact) mass is 247 g/mol. The van der Waals surface area contributed by atoms with E-state index in [1.807, 2.05) is 19.1 Å². The Kier molecular flexibility index (Phi) is 2.23. The average Bonchev–Trinajstić information content (AvgIpc) is 2.91. The van der Waals surface area contributed by atoms with Gasteiger partial charge in [0.05, 0.1) is 21.6 Å². The number of aliphatic carboxylic acids is 1. The maximum atomic E-state index is 10.9. The lowest BCUT2D eigenvalue weighted by Crippen LogP contribution is -2.12. The second kappa shape index (κ2) is 3.53. The Balaban J connectivity index is 2.03. The topological polar surface area (TPSA) is 50.2 Å². The van der Waals surface area contributed by atoms with E-state index >= 15 is 0 Å². The highest BCUT2D eigenvalue weighted by atomic mass is 32.1. The summed E-state index contributed by atoms with van der Waals surface area (Å²) < 4.78 is 1.16. The third kappa shape index (κ3) is 1.82. The second-order valence-corrected chi connectivity index (χ2v) is 6.00. The fourth-order valence-corrected chi connectivity index (χ4v) is 3.24. The van der Waals surface area contributed by atoms with Gasteiger partial charge < -0.3 is 5.11 Å². The Labute approximate surface area is 103 Å². The van der Waals surface area contributed by atoms with Crippen LogP contribution in [0.25, 0.3) is 10.2 Å². The van der Waals surface area contributed by atoms with E-state index in [0.29, 0.717) is 0 Å². The van der Waals surface area contributed by atoms with Crippen LogP contribution in [0.3, 0.4) is 0 Å². The number of hydrogen-bond acceptors (Lipinski definition) is 3. The number of benzene rings is 1. The van der Waals surface area contributed by atoms with Gasteiger partial charge in [-0.1, -0.05) is 6.07 Å². The van der Waals surface area contributed by atoms with Crippen molar-refractivity contribution in [2.75, 3.05) is 0 Å². The van der Waals surface area contributed by atoms with Gasteiger partial charge in [0.25, 0.3) is 0 Å². The molecule has 0 spiro atoms. The zero-order chi connectivity index (χ0) is 12.0. The smallest absolute Gasteiger partial charge is 0.304 e. The first-order valence-electron chi connectivity index (χ1n) is 5.69. The standard InChI is InChI=1S/C13H13NO2S/c1-8-14-10-3-2-9(6-11(10)17-8)13(4-5-13)7-12(15)16/h2-3,6H,4-5,7H2,1H3,(H,15,16). The van der Waals surface area contributed by atoms with E-state index in [2.05, 4.69) is 11.1 Å². The lowest BCUT2D eigenvalue weighted by atomic mass is 9.92. The molecule has 3 nitrogen and oxygen atoms in total. The van der Waals surface area contributed by atoms with Crippen molar-refractivity contribution in [3.63, 3.8) is 0 Å². The molecule has 0 amide bonds. The van der Waals surface area contributed by atoms with Crippen LogP contribution < -0.4 is 0 Å². The zero-order valence-electron chi connectivity index (χ0n) is 9.56. The fraction of sp³-hybridized carbons (Fsp3) is 0.385. The number of hydrogen-bond donors (Lipinski definition) is 1. The second-order valence-electron chi connectivity index (χ2n) is 4.77. The van der Waals surface area contributed by atoms with E-state index in [9.17, 15) is 4.79 Å². The van der Waals surface area contributed by atoms with Gasteiger partial charge in [-0.3, -0.25) is 4.79 Å². The fourth-order valence-electron chi connectivity index (χ4n) is 2.38. The number of carboxylic acid groups (broad SMARTS) is 1. The maximum absolute atomic E-state index is 10.9. The number of aryl methyl sites for hydroxylation is 1. The zero-order valence-corrected chi connectivity index (χ0v) is 10.4. The first-order chi connectivity index (χ1) is 8.09. The van der Waals surface area contributed by atoms with Crippen LogP contribution in [-0.2, 0) is 10.2 Å². The molecular formula is C13H13NO2S. The lowest BCUT2D eigenvalue weighted by Gasteiger charge is -2.12. The molecule has 3 rings (SSSR count). The summed E-state index contributed by atoms with van der Waals surface area (Å²) in [6.45, 7) is 1.99. The van der Waals surface area contributed by atoms with Crippen molar-refractivity contribution in [3.05, 3.63) is 28.8 Å². The summed E-state index contributed by atoms with van der Waals surface area (Å²) in [6.07, 6.45) is 2.22. The quantitative estimate of drug-likeness (QED) is 0.906. The van der Waals surface area contributed by atoms with Crippen molar-refractivity contribution in [1.29, 1.82) is 0 Å². The molecule has 0 atom stereocenters. The van der Waals surface area contributed by atoms with Crippen LogP contribution in [0.15, 0.2) is 18.2 Å². The molecule has 1 aliphatic carbocycles. The van der Waals surface area contributed by atoms with Gasteiger partial charge in [0.2, 0.25) is 0 Å². The Bertz CT molecular complexity index is 598. The van der Waals surface area contributed by atoms with Crippen LogP contribution in [0.2, 0.25) is 0 Å². The summed E-state index contributed by atoms with van der Waals surface area (Å²) in [7, 11) is 0. The van der Waals surface area contributed by atoms with Crippen molar-refractivity contribution in [3.8, 4) is 0 Å². The van der Waals surface area contributed by atoms with Crippen molar-refractivity contribution in [2.24, 2.45) is 0 Å². The summed E-state index contributed by atoms with van der Waals surface area (Å²) in [5.41, 5.74) is 2.08. The van der Waals surface area contributed by atoms with Crippen LogP contribution in [-0.4, -0.2) is 16.1 Å². The maximum Gasteiger partial charge on any atom is 0.304 e. The summed E-state index contributed by atoms with van der Waals surface area (Å²) in [6, 6.07) is 6.17. The number of nitrogens with zero attached hydrogens (tertiary/aromatic N) is 1. The summed E-state index contributed by atoms with van der Waals surface area (Å²) in [5.74, 6) is -0.705. The minimum Gasteiger partial charge on any atom is -0.481 e. The van der Waals surface area contributed by atoms with E-state index in [4.69, 9.17) is 5.11 Å². The molecule has 1 saturated carbocycles. The van der Waals surface area contributed by atoms with E-state index in [0.717, 1.165) is 33.6 Å². The number of aromatic nitrogens is 1. The molecule has 0 bridgehead atoms. The van der Waals surface area contributed by atoms with Gasteiger partial charge in [0.15, 0.2) is 0 Å². The lowest BCUT2D eigenvalue weighted by molar-refractivity contribution is -0.137. The molecule has 0 radical (unpaired) electrons. The molecular weight excluding hydrogens is 234 g/mol. The number of fused-ring (bicyclic) bond motifs is 1. The third-order valence-corrected chi connectivity index (χ3v) is 4.38. The van der Waals surface area contributed by atoms with E-state index in [1.54, 1.807) is 11.3 Å². The Morgan fingerprint density at radius 1 is 1.53 bits per heavy atom. The van der Waals surface area contributed by atoms with Crippen molar-refractivity contribution in [1.82, 2.24) is 4.98 Å². The highest BCUT2D eigenvalue weighted by molar-refractivity contribution is 7.18. The molecule has 1 heterocycles. The number of thiazole rings is 1. The van der Waals surface area contributed by atoms with E-state index < -0.39 is 5.97 Å². The summed E-state index contributed by atoms with van der Waals surface area (Å²) in [4.78, 5) is 15.3. The van der Waals surface area contributed by atoms with Crippen molar-refractivity contribution in [2.45, 2.75) is 31.6 Å². The first-order valence-corrected chi connectivity index (χ1v) is 6.50. The minimum absolute atomic E-state index is 0.0993. The normalized spacial score (nSPS) is 17.2. The van der Waals surface area contributed by atoms with E-state index in [-0.39, 0.29) is 11.8 Å². The van der Waals surface area contributed by atoms with Gasteiger partial charge >= 0.3 is 5.97 Å². The van der Waals surface area contributed by atoms with Crippen molar-refractivity contribution < 1.29 is 9.90 Å². The molecule has 88 valence electrons. The third-order valence-electron chi connectivity index (χ3n) is 3.45. The molecule has 1 fully saturated rings. The average molecular weight is 247 g/mol. The van der Waals surface area contributed by atoms with Crippen LogP contribution in [0, 0.1) is 6.92 Å². The molecule has 4 heteroatoms. The largest absolute Gasteiger partial charge is 0.481 e. The van der Waals surface area contributed by atoms with E-state index in [1.165, 1.54) is 0 Å². The number of carbonyl (C=O) groups is 1. The van der Waals surface area contributed by atoms with Gasteiger partial charge in [-0.25, -0.2) is 4.98 Å². The molecule has 0 saturated heterocycles. The molecule has 2 aromatic rings. The molecule has 0 unspecified atom stereocenters. The van der Waals surface area contributed by atoms with Gasteiger partial charge in [-0.15, -0.1) is 11.3 Å². The predicted octanol–water partition coefficient (Wildman–Crippen LogP) is 3.11. The highest BCUT2D eigenvalue weighted by Gasteiger charge is 2.46. The molecule has 1 aromatic carbocycles. The molecule has 1 N–H and O–H groups in total. The van der Waals surface area contributed by atoms with Crippen molar-refractivity contribution >= 4 is 27.5 Å². The number of rotatable bonds is 3. The predicted molar refractivity (Wildman–Crippen MR) is 67.5 cm³/mol. The summed E-state index contributed by atoms with van der Waals surface area (Å²) >= 11 is 1.67. The molecule has 1 aliphatic rings.